The number of benzene rings is 4. The Labute approximate surface area is 254 Å². The number of aliphatic imine (C=N–C) groups is 1. The van der Waals surface area contributed by atoms with Crippen LogP contribution in [0.4, 0.5) is 11.4 Å². The molecule has 1 heterocycles. The number of hydrogen-bond acceptors (Lipinski definition) is 5. The summed E-state index contributed by atoms with van der Waals surface area (Å²) in [4.78, 5) is 23.1. The number of carbonyl (C=O) groups excluding carboxylic acids is 1. The fourth-order valence-electron chi connectivity index (χ4n) is 5.25. The Hall–Kier alpha value is -3.87. The molecule has 0 spiro atoms. The van der Waals surface area contributed by atoms with Crippen LogP contribution in [0.25, 0.3) is 11.1 Å². The van der Waals surface area contributed by atoms with Crippen LogP contribution in [0.2, 0.25) is 0 Å². The zero-order chi connectivity index (χ0) is 29.1. The number of unbranched alkanes of at least 4 members (excludes halogenated alkanes) is 2. The lowest BCUT2D eigenvalue weighted by molar-refractivity contribution is -0.121. The molecule has 5 rings (SSSR count). The second kappa shape index (κ2) is 14.9. The van der Waals surface area contributed by atoms with Crippen LogP contribution in [-0.4, -0.2) is 42.4 Å². The van der Waals surface area contributed by atoms with Crippen LogP contribution in [0.3, 0.4) is 0 Å². The quantitative estimate of drug-likeness (QED) is 0.173. The molecule has 0 saturated heterocycles. The van der Waals surface area contributed by atoms with Crippen molar-refractivity contribution in [2.75, 3.05) is 31.3 Å². The second-order valence-electron chi connectivity index (χ2n) is 10.9. The van der Waals surface area contributed by atoms with Crippen LogP contribution in [0, 0.1) is 0 Å². The van der Waals surface area contributed by atoms with Gasteiger partial charge in [0.2, 0.25) is 5.91 Å². The first-order valence-electron chi connectivity index (χ1n) is 14.8. The number of anilines is 1. The van der Waals surface area contributed by atoms with E-state index in [1.54, 1.807) is 11.8 Å². The van der Waals surface area contributed by atoms with Crippen LogP contribution in [0.5, 0.6) is 0 Å². The Kier molecular flexibility index (Phi) is 10.5. The number of hydrogen-bond donors (Lipinski definition) is 1. The lowest BCUT2D eigenvalue weighted by Crippen LogP contribution is -2.39. The van der Waals surface area contributed by atoms with Crippen molar-refractivity contribution >= 4 is 34.2 Å². The van der Waals surface area contributed by atoms with Gasteiger partial charge in [-0.3, -0.25) is 4.79 Å². The van der Waals surface area contributed by atoms with Crippen LogP contribution in [0.1, 0.15) is 42.9 Å². The number of para-hydroxylation sites is 1. The van der Waals surface area contributed by atoms with Gasteiger partial charge in [0.25, 0.3) is 0 Å². The third kappa shape index (κ3) is 7.90. The molecule has 1 atom stereocenters. The van der Waals surface area contributed by atoms with Crippen molar-refractivity contribution in [1.82, 2.24) is 10.2 Å². The Balaban J connectivity index is 1.40. The second-order valence-corrected chi connectivity index (χ2v) is 12.0. The van der Waals surface area contributed by atoms with Crippen molar-refractivity contribution < 1.29 is 4.79 Å². The lowest BCUT2D eigenvalue weighted by atomic mass is 9.97. The zero-order valence-electron chi connectivity index (χ0n) is 24.6. The number of amidine groups is 1. The van der Waals surface area contributed by atoms with Crippen LogP contribution in [0.15, 0.2) is 114 Å². The highest BCUT2D eigenvalue weighted by Crippen LogP contribution is 2.42. The van der Waals surface area contributed by atoms with Gasteiger partial charge >= 0.3 is 0 Å². The maximum Gasteiger partial charge on any atom is 0.222 e. The summed E-state index contributed by atoms with van der Waals surface area (Å²) in [6, 6.07) is 37.3. The van der Waals surface area contributed by atoms with Crippen molar-refractivity contribution in [3.63, 3.8) is 0 Å². The largest absolute Gasteiger partial charge is 0.352 e. The Bertz CT molecular complexity index is 1460. The molecule has 1 aliphatic heterocycles. The van der Waals surface area contributed by atoms with E-state index in [2.05, 4.69) is 89.9 Å². The SMILES string of the molecule is CN(C)CCCCCSC1=Nc2ccccc2C(CC(=O)NCc2ccccc2)N1c1ccc(-c2ccccc2)cc1. The van der Waals surface area contributed by atoms with E-state index in [0.717, 1.165) is 46.4 Å². The minimum Gasteiger partial charge on any atom is -0.352 e. The van der Waals surface area contributed by atoms with E-state index in [0.29, 0.717) is 13.0 Å². The molecule has 4 aromatic rings. The van der Waals surface area contributed by atoms with Crippen molar-refractivity contribution in [2.45, 2.75) is 38.3 Å². The molecule has 5 nitrogen and oxygen atoms in total. The molecule has 1 aliphatic rings. The van der Waals surface area contributed by atoms with Crippen molar-refractivity contribution in [3.05, 3.63) is 120 Å². The smallest absolute Gasteiger partial charge is 0.222 e. The highest BCUT2D eigenvalue weighted by molar-refractivity contribution is 8.14. The van der Waals surface area contributed by atoms with Gasteiger partial charge in [-0.1, -0.05) is 109 Å². The number of carbonyl (C=O) groups is 1. The molecule has 0 radical (unpaired) electrons. The van der Waals surface area contributed by atoms with E-state index in [1.807, 2.05) is 48.5 Å². The van der Waals surface area contributed by atoms with Gasteiger partial charge in [-0.05, 0) is 68.4 Å². The molecule has 1 amide bonds. The first kappa shape index (κ1) is 29.6. The predicted molar refractivity (Wildman–Crippen MR) is 178 cm³/mol. The Morgan fingerprint density at radius 3 is 2.21 bits per heavy atom. The average Bonchev–Trinajstić information content (AvgIpc) is 3.02. The van der Waals surface area contributed by atoms with Crippen LogP contribution >= 0.6 is 11.8 Å². The fourth-order valence-corrected chi connectivity index (χ4v) is 6.32. The summed E-state index contributed by atoms with van der Waals surface area (Å²) >= 11 is 1.79. The van der Waals surface area contributed by atoms with Crippen molar-refractivity contribution in [1.29, 1.82) is 0 Å². The number of thioether (sulfide) groups is 1. The predicted octanol–water partition coefficient (Wildman–Crippen LogP) is 8.07. The van der Waals surface area contributed by atoms with E-state index in [-0.39, 0.29) is 11.9 Å². The standard InChI is InChI=1S/C36H40N4OS/c1-39(2)24-12-5-13-25-42-36-38-33-19-11-10-18-32(33)34(26-35(41)37-27-28-14-6-3-7-15-28)40(36)31-22-20-30(21-23-31)29-16-8-4-9-17-29/h3-4,6-11,14-23,34H,5,12-13,24-27H2,1-2H3,(H,37,41). The molecular formula is C36H40N4OS. The van der Waals surface area contributed by atoms with E-state index >= 15 is 0 Å². The summed E-state index contributed by atoms with van der Waals surface area (Å²) in [7, 11) is 4.25. The highest BCUT2D eigenvalue weighted by atomic mass is 32.2. The minimum absolute atomic E-state index is 0.0273. The van der Waals surface area contributed by atoms with E-state index in [9.17, 15) is 4.79 Å². The summed E-state index contributed by atoms with van der Waals surface area (Å²) in [6.45, 7) is 1.63. The van der Waals surface area contributed by atoms with Crippen LogP contribution in [-0.2, 0) is 11.3 Å². The number of rotatable bonds is 12. The van der Waals surface area contributed by atoms with Gasteiger partial charge in [-0.15, -0.1) is 0 Å². The zero-order valence-corrected chi connectivity index (χ0v) is 25.4. The topological polar surface area (TPSA) is 47.9 Å². The molecule has 0 bridgehead atoms. The van der Waals surface area contributed by atoms with Gasteiger partial charge in [0, 0.05) is 23.5 Å². The molecule has 0 aromatic heterocycles. The van der Waals surface area contributed by atoms with Gasteiger partial charge in [0.05, 0.1) is 18.2 Å². The summed E-state index contributed by atoms with van der Waals surface area (Å²) < 4.78 is 0. The van der Waals surface area contributed by atoms with Crippen molar-refractivity contribution in [2.24, 2.45) is 4.99 Å². The molecule has 0 aliphatic carbocycles. The van der Waals surface area contributed by atoms with Crippen LogP contribution < -0.4 is 10.2 Å². The number of fused-ring (bicyclic) bond motifs is 1. The molecule has 0 saturated carbocycles. The molecule has 6 heteroatoms. The molecule has 42 heavy (non-hydrogen) atoms. The van der Waals surface area contributed by atoms with E-state index < -0.39 is 0 Å². The molecule has 0 fully saturated rings. The van der Waals surface area contributed by atoms with E-state index in [1.165, 1.54) is 24.0 Å². The molecular weight excluding hydrogens is 536 g/mol. The van der Waals surface area contributed by atoms with Gasteiger partial charge < -0.3 is 15.1 Å². The molecule has 4 aromatic carbocycles. The monoisotopic (exact) mass is 576 g/mol. The van der Waals surface area contributed by atoms with Gasteiger partial charge in [-0.25, -0.2) is 4.99 Å². The molecule has 1 unspecified atom stereocenters. The first-order chi connectivity index (χ1) is 20.6. The lowest BCUT2D eigenvalue weighted by Gasteiger charge is -2.38. The Morgan fingerprint density at radius 2 is 1.48 bits per heavy atom. The van der Waals surface area contributed by atoms with Gasteiger partial charge in [0.15, 0.2) is 5.17 Å². The van der Waals surface area contributed by atoms with Crippen molar-refractivity contribution in [3.8, 4) is 11.1 Å². The first-order valence-corrected chi connectivity index (χ1v) is 15.8. The summed E-state index contributed by atoms with van der Waals surface area (Å²) in [5, 5.41) is 4.11. The normalized spacial score (nSPS) is 14.4. The summed E-state index contributed by atoms with van der Waals surface area (Å²) in [5.74, 6) is 1.01. The van der Waals surface area contributed by atoms with Gasteiger partial charge in [0.1, 0.15) is 0 Å². The average molecular weight is 577 g/mol. The highest BCUT2D eigenvalue weighted by Gasteiger charge is 2.33. The van der Waals surface area contributed by atoms with E-state index in [4.69, 9.17) is 4.99 Å². The number of amides is 1. The Morgan fingerprint density at radius 1 is 0.810 bits per heavy atom. The fraction of sp³-hybridized carbons (Fsp3) is 0.278. The summed E-state index contributed by atoms with van der Waals surface area (Å²) in [6.07, 6.45) is 3.85. The van der Waals surface area contributed by atoms with Gasteiger partial charge in [-0.2, -0.15) is 0 Å². The summed E-state index contributed by atoms with van der Waals surface area (Å²) in [5.41, 5.74) is 6.52. The third-order valence-corrected chi connectivity index (χ3v) is 8.51. The maximum absolute atomic E-state index is 13.4. The number of nitrogens with one attached hydrogen (secondary N) is 1. The maximum atomic E-state index is 13.4. The third-order valence-electron chi connectivity index (χ3n) is 7.47. The number of nitrogens with zero attached hydrogens (tertiary/aromatic N) is 3. The molecule has 216 valence electrons. The molecule has 1 N–H and O–H groups in total. The minimum atomic E-state index is -0.159.